The van der Waals surface area contributed by atoms with Crippen molar-refractivity contribution < 1.29 is 17.0 Å². The van der Waals surface area contributed by atoms with Crippen LogP contribution in [0.5, 0.6) is 5.75 Å². The SMILES string of the molecule is CCCc1cc(=O)oc2cc(OS(C)(=O)=O)c(Cl)cc12. The number of rotatable bonds is 4. The Labute approximate surface area is 121 Å². The fourth-order valence-corrected chi connectivity index (χ4v) is 2.64. The first-order valence-corrected chi connectivity index (χ1v) is 8.15. The van der Waals surface area contributed by atoms with Crippen LogP contribution >= 0.6 is 11.6 Å². The third kappa shape index (κ3) is 3.32. The van der Waals surface area contributed by atoms with Gasteiger partial charge < -0.3 is 8.60 Å². The van der Waals surface area contributed by atoms with E-state index in [1.54, 1.807) is 6.07 Å². The van der Waals surface area contributed by atoms with E-state index in [2.05, 4.69) is 0 Å². The van der Waals surface area contributed by atoms with Crippen molar-refractivity contribution in [3.05, 3.63) is 39.2 Å². The Hall–Kier alpha value is -1.53. The molecule has 1 aromatic carbocycles. The van der Waals surface area contributed by atoms with Gasteiger partial charge >= 0.3 is 15.7 Å². The largest absolute Gasteiger partial charge is 0.423 e. The summed E-state index contributed by atoms with van der Waals surface area (Å²) in [6.45, 7) is 1.99. The van der Waals surface area contributed by atoms with Crippen molar-refractivity contribution in [2.24, 2.45) is 0 Å². The molecule has 5 nitrogen and oxygen atoms in total. The highest BCUT2D eigenvalue weighted by Gasteiger charge is 2.14. The molecule has 0 aliphatic rings. The van der Waals surface area contributed by atoms with Crippen LogP contribution in [0.25, 0.3) is 11.0 Å². The van der Waals surface area contributed by atoms with Gasteiger partial charge in [-0.15, -0.1) is 0 Å². The zero-order chi connectivity index (χ0) is 14.9. The van der Waals surface area contributed by atoms with Crippen LogP contribution in [0.4, 0.5) is 0 Å². The molecule has 2 aromatic rings. The maximum atomic E-state index is 11.5. The molecule has 0 amide bonds. The smallest absolute Gasteiger partial charge is 0.336 e. The topological polar surface area (TPSA) is 73.6 Å². The van der Waals surface area contributed by atoms with Crippen LogP contribution in [-0.2, 0) is 16.5 Å². The Bertz CT molecular complexity index is 807. The summed E-state index contributed by atoms with van der Waals surface area (Å²) in [5.74, 6) is -0.0570. The lowest BCUT2D eigenvalue weighted by Gasteiger charge is -2.08. The van der Waals surface area contributed by atoms with E-state index >= 15 is 0 Å². The van der Waals surface area contributed by atoms with Gasteiger partial charge in [0.1, 0.15) is 5.58 Å². The second kappa shape index (κ2) is 5.46. The van der Waals surface area contributed by atoms with Crippen molar-refractivity contribution in [3.63, 3.8) is 0 Å². The molecule has 0 bridgehead atoms. The molecule has 0 radical (unpaired) electrons. The average molecular weight is 317 g/mol. The standard InChI is InChI=1S/C13H13ClO5S/c1-3-4-8-5-13(15)18-11-7-12(19-20(2,16)17)10(14)6-9(8)11/h5-7H,3-4H2,1-2H3. The average Bonchev–Trinajstić information content (AvgIpc) is 2.29. The quantitative estimate of drug-likeness (QED) is 0.640. The first kappa shape index (κ1) is 14.9. The van der Waals surface area contributed by atoms with E-state index in [1.165, 1.54) is 12.1 Å². The fraction of sp³-hybridized carbons (Fsp3) is 0.308. The second-order valence-corrected chi connectivity index (χ2v) is 6.39. The molecule has 1 aromatic heterocycles. The first-order valence-electron chi connectivity index (χ1n) is 5.96. The van der Waals surface area contributed by atoms with Gasteiger partial charge in [-0.1, -0.05) is 24.9 Å². The van der Waals surface area contributed by atoms with Gasteiger partial charge in [-0.25, -0.2) is 4.79 Å². The summed E-state index contributed by atoms with van der Waals surface area (Å²) in [5.41, 5.74) is 0.573. The Morgan fingerprint density at radius 1 is 1.30 bits per heavy atom. The molecular weight excluding hydrogens is 304 g/mol. The summed E-state index contributed by atoms with van der Waals surface area (Å²) in [4.78, 5) is 11.5. The molecule has 1 heterocycles. The van der Waals surface area contributed by atoms with Crippen LogP contribution in [0, 0.1) is 0 Å². The van der Waals surface area contributed by atoms with Gasteiger partial charge in [-0.3, -0.25) is 0 Å². The van der Waals surface area contributed by atoms with Gasteiger partial charge in [0.05, 0.1) is 11.3 Å². The molecule has 0 atom stereocenters. The minimum Gasteiger partial charge on any atom is -0.423 e. The van der Waals surface area contributed by atoms with Crippen LogP contribution in [0.15, 0.2) is 27.4 Å². The molecule has 108 valence electrons. The highest BCUT2D eigenvalue weighted by atomic mass is 35.5. The number of benzene rings is 1. The van der Waals surface area contributed by atoms with Gasteiger partial charge in [-0.05, 0) is 18.1 Å². The fourth-order valence-electron chi connectivity index (χ4n) is 1.93. The maximum absolute atomic E-state index is 11.5. The van der Waals surface area contributed by atoms with Gasteiger partial charge in [0.15, 0.2) is 5.75 Å². The minimum absolute atomic E-state index is 0.0570. The van der Waals surface area contributed by atoms with Gasteiger partial charge in [0.2, 0.25) is 0 Å². The van der Waals surface area contributed by atoms with Crippen molar-refractivity contribution in [1.29, 1.82) is 0 Å². The third-order valence-corrected chi connectivity index (χ3v) is 3.42. The summed E-state index contributed by atoms with van der Waals surface area (Å²) in [6, 6.07) is 4.28. The molecule has 0 saturated heterocycles. The van der Waals surface area contributed by atoms with Crippen LogP contribution in [0.2, 0.25) is 5.02 Å². The number of halogens is 1. The molecule has 0 fully saturated rings. The van der Waals surface area contributed by atoms with Gasteiger partial charge in [-0.2, -0.15) is 8.42 Å². The van der Waals surface area contributed by atoms with E-state index < -0.39 is 15.7 Å². The maximum Gasteiger partial charge on any atom is 0.336 e. The monoisotopic (exact) mass is 316 g/mol. The predicted molar refractivity (Wildman–Crippen MR) is 77.0 cm³/mol. The third-order valence-electron chi connectivity index (χ3n) is 2.64. The van der Waals surface area contributed by atoms with E-state index in [0.29, 0.717) is 11.8 Å². The van der Waals surface area contributed by atoms with Crippen LogP contribution < -0.4 is 9.81 Å². The van der Waals surface area contributed by atoms with Crippen molar-refractivity contribution in [2.45, 2.75) is 19.8 Å². The zero-order valence-corrected chi connectivity index (χ0v) is 12.5. The molecule has 20 heavy (non-hydrogen) atoms. The van der Waals surface area contributed by atoms with E-state index in [-0.39, 0.29) is 16.4 Å². The molecule has 0 aliphatic carbocycles. The predicted octanol–water partition coefficient (Wildman–Crippen LogP) is 2.74. The molecule has 2 rings (SSSR count). The van der Waals surface area contributed by atoms with Crippen molar-refractivity contribution >= 4 is 32.7 Å². The number of aryl methyl sites for hydroxylation is 1. The summed E-state index contributed by atoms with van der Waals surface area (Å²) in [5, 5.41) is 0.825. The van der Waals surface area contributed by atoms with Crippen molar-refractivity contribution in [1.82, 2.24) is 0 Å². The lowest BCUT2D eigenvalue weighted by molar-refractivity contribution is 0.492. The van der Waals surface area contributed by atoms with Crippen LogP contribution in [0.1, 0.15) is 18.9 Å². The van der Waals surface area contributed by atoms with Crippen LogP contribution in [0.3, 0.4) is 0 Å². The van der Waals surface area contributed by atoms with E-state index in [0.717, 1.165) is 18.2 Å². The van der Waals surface area contributed by atoms with Crippen LogP contribution in [-0.4, -0.2) is 14.7 Å². The molecule has 0 saturated carbocycles. The molecular formula is C13H13ClO5S. The van der Waals surface area contributed by atoms with E-state index in [4.69, 9.17) is 20.2 Å². The summed E-state index contributed by atoms with van der Waals surface area (Å²) in [6.07, 6.45) is 2.47. The van der Waals surface area contributed by atoms with Crippen molar-refractivity contribution in [2.75, 3.05) is 6.26 Å². The summed E-state index contributed by atoms with van der Waals surface area (Å²) < 4.78 is 32.1. The normalized spacial score (nSPS) is 11.8. The van der Waals surface area contributed by atoms with E-state index in [1.807, 2.05) is 6.92 Å². The van der Waals surface area contributed by atoms with Gasteiger partial charge in [0.25, 0.3) is 0 Å². The minimum atomic E-state index is -3.70. The molecule has 0 aliphatic heterocycles. The molecule has 0 unspecified atom stereocenters. The van der Waals surface area contributed by atoms with E-state index in [9.17, 15) is 13.2 Å². The van der Waals surface area contributed by atoms with Gasteiger partial charge in [0, 0.05) is 17.5 Å². The Morgan fingerprint density at radius 3 is 2.60 bits per heavy atom. The Morgan fingerprint density at radius 2 is 2.00 bits per heavy atom. The number of hydrogen-bond acceptors (Lipinski definition) is 5. The molecule has 0 N–H and O–H groups in total. The highest BCUT2D eigenvalue weighted by Crippen LogP contribution is 2.32. The first-order chi connectivity index (χ1) is 9.30. The summed E-state index contributed by atoms with van der Waals surface area (Å²) in [7, 11) is -3.70. The second-order valence-electron chi connectivity index (χ2n) is 4.41. The zero-order valence-electron chi connectivity index (χ0n) is 11.0. The Kier molecular flexibility index (Phi) is 4.06. The Balaban J connectivity index is 2.68. The number of fused-ring (bicyclic) bond motifs is 1. The number of hydrogen-bond donors (Lipinski definition) is 0. The summed E-state index contributed by atoms with van der Waals surface area (Å²) >= 11 is 6.01. The lowest BCUT2D eigenvalue weighted by Crippen LogP contribution is -2.07. The molecule has 7 heteroatoms. The lowest BCUT2D eigenvalue weighted by atomic mass is 10.1. The molecule has 0 spiro atoms. The highest BCUT2D eigenvalue weighted by molar-refractivity contribution is 7.86. The van der Waals surface area contributed by atoms with Crippen molar-refractivity contribution in [3.8, 4) is 5.75 Å².